The number of hydrogen-bond acceptors (Lipinski definition) is 2. The van der Waals surface area contributed by atoms with Crippen LogP contribution in [0.3, 0.4) is 0 Å². The normalized spacial score (nSPS) is 9.94. The van der Waals surface area contributed by atoms with E-state index in [1.807, 2.05) is 30.3 Å². The van der Waals surface area contributed by atoms with Gasteiger partial charge in [0, 0.05) is 0 Å². The SMILES string of the molecule is [CH]c1ccc(C(=O)OCc2ccccc2)cc1. The lowest BCUT2D eigenvalue weighted by Crippen LogP contribution is -2.04. The van der Waals surface area contributed by atoms with Crippen molar-refractivity contribution in [3.63, 3.8) is 0 Å². The summed E-state index contributed by atoms with van der Waals surface area (Å²) in [6.45, 7) is 5.82. The third kappa shape index (κ3) is 3.18. The van der Waals surface area contributed by atoms with Gasteiger partial charge in [-0.25, -0.2) is 4.79 Å². The largest absolute Gasteiger partial charge is 0.457 e. The Morgan fingerprint density at radius 3 is 2.29 bits per heavy atom. The summed E-state index contributed by atoms with van der Waals surface area (Å²) in [5.41, 5.74) is 2.11. The van der Waals surface area contributed by atoms with Crippen LogP contribution < -0.4 is 0 Å². The van der Waals surface area contributed by atoms with Crippen molar-refractivity contribution in [1.29, 1.82) is 0 Å². The Morgan fingerprint density at radius 1 is 1.00 bits per heavy atom. The molecule has 0 fully saturated rings. The fraction of sp³-hybridized carbons (Fsp3) is 0.0667. The van der Waals surface area contributed by atoms with E-state index in [9.17, 15) is 4.79 Å². The Kier molecular flexibility index (Phi) is 3.55. The molecule has 2 rings (SSSR count). The number of ether oxygens (including phenoxy) is 1. The van der Waals surface area contributed by atoms with Gasteiger partial charge in [-0.1, -0.05) is 42.5 Å². The van der Waals surface area contributed by atoms with Gasteiger partial charge < -0.3 is 4.74 Å². The van der Waals surface area contributed by atoms with Gasteiger partial charge in [-0.05, 0) is 30.2 Å². The van der Waals surface area contributed by atoms with Crippen molar-refractivity contribution < 1.29 is 9.53 Å². The number of rotatable bonds is 3. The second kappa shape index (κ2) is 5.30. The molecule has 0 atom stereocenters. The van der Waals surface area contributed by atoms with Crippen LogP contribution in [0.2, 0.25) is 0 Å². The fourth-order valence-electron chi connectivity index (χ4n) is 1.43. The lowest BCUT2D eigenvalue weighted by molar-refractivity contribution is 0.0473. The Bertz CT molecular complexity index is 486. The monoisotopic (exact) mass is 224 g/mol. The van der Waals surface area contributed by atoms with Gasteiger partial charge in [0.05, 0.1) is 5.56 Å². The van der Waals surface area contributed by atoms with E-state index in [-0.39, 0.29) is 12.6 Å². The first-order valence-electron chi connectivity index (χ1n) is 5.32. The average Bonchev–Trinajstić information content (AvgIpc) is 2.38. The highest BCUT2D eigenvalue weighted by atomic mass is 16.5. The van der Waals surface area contributed by atoms with Crippen LogP contribution in [0.4, 0.5) is 0 Å². The van der Waals surface area contributed by atoms with Crippen LogP contribution in [0.25, 0.3) is 0 Å². The summed E-state index contributed by atoms with van der Waals surface area (Å²) in [6.07, 6.45) is 0. The molecule has 17 heavy (non-hydrogen) atoms. The molecule has 0 amide bonds. The molecule has 84 valence electrons. The van der Waals surface area contributed by atoms with Crippen LogP contribution in [-0.2, 0) is 11.3 Å². The van der Waals surface area contributed by atoms with Crippen LogP contribution in [0.1, 0.15) is 21.5 Å². The molecule has 2 nitrogen and oxygen atoms in total. The van der Waals surface area contributed by atoms with Gasteiger partial charge >= 0.3 is 5.97 Å². The minimum Gasteiger partial charge on any atom is -0.457 e. The van der Waals surface area contributed by atoms with E-state index in [2.05, 4.69) is 0 Å². The second-order valence-electron chi connectivity index (χ2n) is 3.68. The van der Waals surface area contributed by atoms with Gasteiger partial charge in [0.1, 0.15) is 6.61 Å². The molecule has 2 aromatic rings. The Balaban J connectivity index is 1.96. The highest BCUT2D eigenvalue weighted by Gasteiger charge is 2.06. The summed E-state index contributed by atoms with van der Waals surface area (Å²) < 4.78 is 5.17. The Morgan fingerprint density at radius 2 is 1.65 bits per heavy atom. The molecule has 0 bridgehead atoms. The van der Waals surface area contributed by atoms with Crippen LogP contribution in [0.15, 0.2) is 54.6 Å². The molecule has 0 aliphatic carbocycles. The molecule has 0 N–H and O–H groups in total. The zero-order chi connectivity index (χ0) is 12.1. The number of esters is 1. The molecule has 0 heterocycles. The predicted molar refractivity (Wildman–Crippen MR) is 65.4 cm³/mol. The van der Waals surface area contributed by atoms with Crippen molar-refractivity contribution >= 4 is 5.97 Å². The average molecular weight is 224 g/mol. The summed E-state index contributed by atoms with van der Waals surface area (Å²) >= 11 is 0. The summed E-state index contributed by atoms with van der Waals surface area (Å²) in [5, 5.41) is 0. The second-order valence-corrected chi connectivity index (χ2v) is 3.68. The van der Waals surface area contributed by atoms with Gasteiger partial charge in [-0.2, -0.15) is 0 Å². The van der Waals surface area contributed by atoms with Gasteiger partial charge in [0.2, 0.25) is 0 Å². The van der Waals surface area contributed by atoms with Crippen LogP contribution in [0, 0.1) is 6.92 Å². The number of carbonyl (C=O) groups is 1. The highest BCUT2D eigenvalue weighted by molar-refractivity contribution is 5.89. The molecule has 2 aromatic carbocycles. The molecule has 0 saturated heterocycles. The van der Waals surface area contributed by atoms with E-state index >= 15 is 0 Å². The summed E-state index contributed by atoms with van der Waals surface area (Å²) in [7, 11) is 0. The molecule has 0 aliphatic heterocycles. The minimum atomic E-state index is -0.339. The zero-order valence-electron chi connectivity index (χ0n) is 9.30. The number of carbonyl (C=O) groups excluding carboxylic acids is 1. The first kappa shape index (κ1) is 11.4. The predicted octanol–water partition coefficient (Wildman–Crippen LogP) is 3.10. The maximum absolute atomic E-state index is 11.7. The van der Waals surface area contributed by atoms with E-state index in [1.165, 1.54) is 0 Å². The first-order chi connectivity index (χ1) is 8.25. The van der Waals surface area contributed by atoms with Crippen LogP contribution in [-0.4, -0.2) is 5.97 Å². The standard InChI is InChI=1S/C15H12O2/c1-12-7-9-14(10-8-12)15(16)17-11-13-5-3-2-4-6-13/h1-10H,11H2. The summed E-state index contributed by atoms with van der Waals surface area (Å²) in [4.78, 5) is 11.7. The topological polar surface area (TPSA) is 26.3 Å². The van der Waals surface area contributed by atoms with Crippen molar-refractivity contribution in [3.05, 3.63) is 78.2 Å². The number of benzene rings is 2. The van der Waals surface area contributed by atoms with Gasteiger partial charge in [-0.3, -0.25) is 0 Å². The van der Waals surface area contributed by atoms with Crippen LogP contribution in [0.5, 0.6) is 0 Å². The summed E-state index contributed by atoms with van der Waals surface area (Å²) in [6, 6.07) is 16.2. The molecular formula is C15H12O2. The molecule has 0 unspecified atom stereocenters. The van der Waals surface area contributed by atoms with Gasteiger partial charge in [0.15, 0.2) is 0 Å². The van der Waals surface area contributed by atoms with Gasteiger partial charge in [0.25, 0.3) is 0 Å². The van der Waals surface area contributed by atoms with E-state index < -0.39 is 0 Å². The summed E-state index contributed by atoms with van der Waals surface area (Å²) in [5.74, 6) is -0.339. The molecule has 2 heteroatoms. The third-order valence-corrected chi connectivity index (χ3v) is 2.36. The lowest BCUT2D eigenvalue weighted by Gasteiger charge is -2.04. The third-order valence-electron chi connectivity index (χ3n) is 2.36. The van der Waals surface area contributed by atoms with Crippen molar-refractivity contribution in [2.24, 2.45) is 0 Å². The first-order valence-corrected chi connectivity index (χ1v) is 5.32. The molecule has 0 spiro atoms. The van der Waals surface area contributed by atoms with E-state index in [1.54, 1.807) is 24.3 Å². The Hall–Kier alpha value is -2.09. The molecule has 0 aliphatic rings. The van der Waals surface area contributed by atoms with Gasteiger partial charge in [-0.15, -0.1) is 0 Å². The fourth-order valence-corrected chi connectivity index (χ4v) is 1.43. The van der Waals surface area contributed by atoms with Crippen LogP contribution >= 0.6 is 0 Å². The zero-order valence-corrected chi connectivity index (χ0v) is 9.30. The Labute approximate surface area is 101 Å². The van der Waals surface area contributed by atoms with E-state index in [0.717, 1.165) is 5.56 Å². The minimum absolute atomic E-state index is 0.282. The van der Waals surface area contributed by atoms with E-state index in [0.29, 0.717) is 11.1 Å². The van der Waals surface area contributed by atoms with Crippen molar-refractivity contribution in [2.75, 3.05) is 0 Å². The molecule has 0 saturated carbocycles. The molecule has 0 aromatic heterocycles. The maximum Gasteiger partial charge on any atom is 0.338 e. The lowest BCUT2D eigenvalue weighted by atomic mass is 10.1. The number of hydrogen-bond donors (Lipinski definition) is 0. The highest BCUT2D eigenvalue weighted by Crippen LogP contribution is 2.07. The molecular weight excluding hydrogens is 212 g/mol. The smallest absolute Gasteiger partial charge is 0.338 e. The van der Waals surface area contributed by atoms with Crippen molar-refractivity contribution in [2.45, 2.75) is 6.61 Å². The van der Waals surface area contributed by atoms with E-state index in [4.69, 9.17) is 11.7 Å². The van der Waals surface area contributed by atoms with Crippen molar-refractivity contribution in [1.82, 2.24) is 0 Å². The maximum atomic E-state index is 11.7. The quantitative estimate of drug-likeness (QED) is 0.749. The van der Waals surface area contributed by atoms with Crippen molar-refractivity contribution in [3.8, 4) is 0 Å². The molecule has 2 radical (unpaired) electrons.